The summed E-state index contributed by atoms with van der Waals surface area (Å²) in [6.07, 6.45) is 0.831. The molecule has 1 aromatic carbocycles. The smallest absolute Gasteiger partial charge is 0.273 e. The van der Waals surface area contributed by atoms with Crippen LogP contribution >= 0.6 is 0 Å². The van der Waals surface area contributed by atoms with E-state index < -0.39 is 0 Å². The van der Waals surface area contributed by atoms with Crippen LogP contribution in [-0.2, 0) is 11.3 Å². The van der Waals surface area contributed by atoms with Crippen LogP contribution < -0.4 is 22.2 Å². The van der Waals surface area contributed by atoms with E-state index in [0.717, 1.165) is 0 Å². The maximum Gasteiger partial charge on any atom is 0.273 e. The lowest BCUT2D eigenvalue weighted by Crippen LogP contribution is -2.33. The first kappa shape index (κ1) is 15.0. The molecular formula is C14H18N4O3. The molecule has 0 aliphatic carbocycles. The summed E-state index contributed by atoms with van der Waals surface area (Å²) in [6, 6.07) is 6.60. The normalized spacial score (nSPS) is 10.7. The quantitative estimate of drug-likeness (QED) is 0.625. The number of aromatic nitrogens is 2. The maximum absolute atomic E-state index is 12.2. The van der Waals surface area contributed by atoms with Crippen molar-refractivity contribution in [1.82, 2.24) is 15.1 Å². The molecule has 7 nitrogen and oxygen atoms in total. The van der Waals surface area contributed by atoms with E-state index in [4.69, 9.17) is 5.73 Å². The van der Waals surface area contributed by atoms with Gasteiger partial charge in [0.2, 0.25) is 5.91 Å². The molecule has 1 heterocycles. The molecule has 0 spiro atoms. The minimum atomic E-state index is -0.339. The average Bonchev–Trinajstić information content (AvgIpc) is 2.50. The van der Waals surface area contributed by atoms with Crippen molar-refractivity contribution in [3.8, 4) is 0 Å². The van der Waals surface area contributed by atoms with Crippen molar-refractivity contribution in [2.45, 2.75) is 19.4 Å². The van der Waals surface area contributed by atoms with E-state index in [0.29, 0.717) is 30.3 Å². The fourth-order valence-corrected chi connectivity index (χ4v) is 2.04. The molecule has 2 aromatic rings. The summed E-state index contributed by atoms with van der Waals surface area (Å²) < 4.78 is 1.17. The number of nitrogens with two attached hydrogens (primary N) is 1. The van der Waals surface area contributed by atoms with Gasteiger partial charge >= 0.3 is 0 Å². The Bertz CT molecular complexity index is 748. The standard InChI is InChI=1S/C14H18N4O3/c15-7-3-8-16-12(19)6-9-18-14(21)11-5-2-1-4-10(11)13(20)17-18/h1-2,4-5H,3,6-9,15H2,(H,16,19)(H,17,20). The van der Waals surface area contributed by atoms with Crippen LogP contribution in [0.4, 0.5) is 0 Å². The van der Waals surface area contributed by atoms with Gasteiger partial charge in [-0.1, -0.05) is 12.1 Å². The number of carbonyl (C=O) groups excluding carboxylic acids is 1. The number of nitrogens with one attached hydrogen (secondary N) is 2. The average molecular weight is 290 g/mol. The molecule has 0 saturated heterocycles. The minimum absolute atomic E-state index is 0.124. The van der Waals surface area contributed by atoms with Crippen molar-refractivity contribution >= 4 is 16.7 Å². The van der Waals surface area contributed by atoms with Crippen molar-refractivity contribution < 1.29 is 4.79 Å². The highest BCUT2D eigenvalue weighted by Gasteiger charge is 2.08. The Morgan fingerprint density at radius 1 is 1.24 bits per heavy atom. The monoisotopic (exact) mass is 290 g/mol. The zero-order valence-electron chi connectivity index (χ0n) is 11.6. The molecule has 0 bridgehead atoms. The lowest BCUT2D eigenvalue weighted by atomic mass is 10.2. The molecule has 0 unspecified atom stereocenters. The molecule has 0 atom stereocenters. The summed E-state index contributed by atoms with van der Waals surface area (Å²) >= 11 is 0. The first-order chi connectivity index (χ1) is 10.1. The van der Waals surface area contributed by atoms with Gasteiger partial charge in [-0.25, -0.2) is 4.68 Å². The van der Waals surface area contributed by atoms with Gasteiger partial charge in [0, 0.05) is 13.0 Å². The van der Waals surface area contributed by atoms with E-state index in [-0.39, 0.29) is 30.0 Å². The van der Waals surface area contributed by atoms with Crippen molar-refractivity contribution in [3.05, 3.63) is 45.0 Å². The zero-order valence-corrected chi connectivity index (χ0v) is 11.6. The number of fused-ring (bicyclic) bond motifs is 1. The highest BCUT2D eigenvalue weighted by atomic mass is 16.2. The van der Waals surface area contributed by atoms with Crippen molar-refractivity contribution in [2.24, 2.45) is 5.73 Å². The Morgan fingerprint density at radius 2 is 1.95 bits per heavy atom. The number of carbonyl (C=O) groups is 1. The van der Waals surface area contributed by atoms with Gasteiger partial charge in [0.1, 0.15) is 0 Å². The molecule has 1 aromatic heterocycles. The van der Waals surface area contributed by atoms with Crippen molar-refractivity contribution in [2.75, 3.05) is 13.1 Å². The topological polar surface area (TPSA) is 110 Å². The van der Waals surface area contributed by atoms with Crippen LogP contribution in [0, 0.1) is 0 Å². The van der Waals surface area contributed by atoms with Gasteiger partial charge in [0.15, 0.2) is 0 Å². The summed E-state index contributed by atoms with van der Waals surface area (Å²) in [5, 5.41) is 5.89. The molecule has 4 N–H and O–H groups in total. The second-order valence-corrected chi connectivity index (χ2v) is 4.69. The van der Waals surface area contributed by atoms with Gasteiger partial charge in [-0.15, -0.1) is 0 Å². The Morgan fingerprint density at radius 3 is 2.67 bits per heavy atom. The van der Waals surface area contributed by atoms with Gasteiger partial charge in [0.25, 0.3) is 11.1 Å². The van der Waals surface area contributed by atoms with E-state index in [9.17, 15) is 14.4 Å². The summed E-state index contributed by atoms with van der Waals surface area (Å²) in [5.41, 5.74) is 4.69. The molecule has 0 fully saturated rings. The fraction of sp³-hybridized carbons (Fsp3) is 0.357. The molecule has 0 radical (unpaired) electrons. The van der Waals surface area contributed by atoms with Crippen LogP contribution in [-0.4, -0.2) is 28.8 Å². The van der Waals surface area contributed by atoms with Gasteiger partial charge in [-0.05, 0) is 25.1 Å². The highest BCUT2D eigenvalue weighted by Crippen LogP contribution is 2.02. The molecule has 21 heavy (non-hydrogen) atoms. The van der Waals surface area contributed by atoms with Gasteiger partial charge < -0.3 is 11.1 Å². The lowest BCUT2D eigenvalue weighted by molar-refractivity contribution is -0.121. The van der Waals surface area contributed by atoms with Crippen LogP contribution in [0.25, 0.3) is 10.8 Å². The minimum Gasteiger partial charge on any atom is -0.356 e. The van der Waals surface area contributed by atoms with Crippen LogP contribution in [0.15, 0.2) is 33.9 Å². The third-order valence-electron chi connectivity index (χ3n) is 3.15. The Kier molecular flexibility index (Phi) is 4.89. The largest absolute Gasteiger partial charge is 0.356 e. The third kappa shape index (κ3) is 3.57. The Hall–Kier alpha value is -2.41. The Balaban J connectivity index is 2.13. The SMILES string of the molecule is NCCCNC(=O)CCn1[nH]c(=O)c2ccccc2c1=O. The molecule has 0 aliphatic rings. The number of amides is 1. The van der Waals surface area contributed by atoms with Gasteiger partial charge in [0.05, 0.1) is 17.3 Å². The molecule has 2 rings (SSSR count). The van der Waals surface area contributed by atoms with E-state index in [1.807, 2.05) is 0 Å². The summed E-state index contributed by atoms with van der Waals surface area (Å²) in [5.74, 6) is -0.177. The molecule has 1 amide bonds. The van der Waals surface area contributed by atoms with E-state index in [1.54, 1.807) is 24.3 Å². The van der Waals surface area contributed by atoms with Crippen LogP contribution in [0.3, 0.4) is 0 Å². The number of H-pyrrole nitrogens is 1. The lowest BCUT2D eigenvalue weighted by Gasteiger charge is -2.07. The van der Waals surface area contributed by atoms with Crippen molar-refractivity contribution in [1.29, 1.82) is 0 Å². The maximum atomic E-state index is 12.2. The summed E-state index contributed by atoms with van der Waals surface area (Å²) in [7, 11) is 0. The van der Waals surface area contributed by atoms with Crippen LogP contribution in [0.5, 0.6) is 0 Å². The predicted octanol–water partition coefficient (Wildman–Crippen LogP) is -0.455. The third-order valence-corrected chi connectivity index (χ3v) is 3.15. The zero-order chi connectivity index (χ0) is 15.2. The predicted molar refractivity (Wildman–Crippen MR) is 80.1 cm³/mol. The number of hydrogen-bond acceptors (Lipinski definition) is 4. The summed E-state index contributed by atoms with van der Waals surface area (Å²) in [6.45, 7) is 1.16. The molecule has 112 valence electrons. The molecule has 7 heteroatoms. The first-order valence-electron chi connectivity index (χ1n) is 6.82. The van der Waals surface area contributed by atoms with E-state index >= 15 is 0 Å². The first-order valence-corrected chi connectivity index (χ1v) is 6.82. The van der Waals surface area contributed by atoms with Gasteiger partial charge in [-0.3, -0.25) is 19.5 Å². The summed E-state index contributed by atoms with van der Waals surface area (Å²) in [4.78, 5) is 35.7. The van der Waals surface area contributed by atoms with Gasteiger partial charge in [-0.2, -0.15) is 0 Å². The Labute approximate surface area is 120 Å². The number of hydrogen-bond donors (Lipinski definition) is 3. The second-order valence-electron chi connectivity index (χ2n) is 4.69. The van der Waals surface area contributed by atoms with Crippen LogP contribution in [0.2, 0.25) is 0 Å². The number of rotatable bonds is 6. The number of nitrogens with zero attached hydrogens (tertiary/aromatic N) is 1. The second kappa shape index (κ2) is 6.85. The van der Waals surface area contributed by atoms with E-state index in [1.165, 1.54) is 4.68 Å². The van der Waals surface area contributed by atoms with E-state index in [2.05, 4.69) is 10.4 Å². The molecule has 0 aliphatic heterocycles. The van der Waals surface area contributed by atoms with Crippen molar-refractivity contribution in [3.63, 3.8) is 0 Å². The number of benzene rings is 1. The number of aromatic amines is 1. The molecular weight excluding hydrogens is 272 g/mol. The number of aryl methyl sites for hydroxylation is 1. The fourth-order valence-electron chi connectivity index (χ4n) is 2.04. The van der Waals surface area contributed by atoms with Crippen LogP contribution in [0.1, 0.15) is 12.8 Å². The molecule has 0 saturated carbocycles. The highest BCUT2D eigenvalue weighted by molar-refractivity contribution is 5.80.